The highest BCUT2D eigenvalue weighted by atomic mass is 32.2. The zero-order valence-electron chi connectivity index (χ0n) is 14.4. The average Bonchev–Trinajstić information content (AvgIpc) is 3.03. The van der Waals surface area contributed by atoms with Gasteiger partial charge in [0.25, 0.3) is 5.91 Å². The number of fused-ring (bicyclic) bond motifs is 1. The van der Waals surface area contributed by atoms with Gasteiger partial charge in [-0.15, -0.1) is 0 Å². The van der Waals surface area contributed by atoms with Crippen molar-refractivity contribution in [3.63, 3.8) is 0 Å². The third kappa shape index (κ3) is 3.85. The Hall–Kier alpha value is -2.34. The second-order valence-electron chi connectivity index (χ2n) is 6.43. The maximum atomic E-state index is 12.4. The van der Waals surface area contributed by atoms with E-state index < -0.39 is 9.84 Å². The molecule has 6 heteroatoms. The fourth-order valence-electron chi connectivity index (χ4n) is 3.14. The topological polar surface area (TPSA) is 66.5 Å². The number of carbonyl (C=O) groups excluding carboxylic acids is 1. The van der Waals surface area contributed by atoms with Gasteiger partial charge in [0.2, 0.25) is 0 Å². The van der Waals surface area contributed by atoms with E-state index in [2.05, 4.69) is 29.3 Å². The first-order valence-corrected chi connectivity index (χ1v) is 10.2. The van der Waals surface area contributed by atoms with Crippen molar-refractivity contribution in [2.24, 2.45) is 0 Å². The number of hydrogen-bond donors (Lipinski definition) is 1. The number of amides is 1. The van der Waals surface area contributed by atoms with Crippen molar-refractivity contribution in [1.29, 1.82) is 0 Å². The number of sulfone groups is 1. The summed E-state index contributed by atoms with van der Waals surface area (Å²) in [5.41, 5.74) is 2.92. The van der Waals surface area contributed by atoms with Crippen molar-refractivity contribution in [2.75, 3.05) is 24.2 Å². The molecule has 1 amide bonds. The van der Waals surface area contributed by atoms with E-state index in [9.17, 15) is 13.2 Å². The van der Waals surface area contributed by atoms with Gasteiger partial charge in [-0.1, -0.05) is 24.3 Å². The molecule has 25 heavy (non-hydrogen) atoms. The highest BCUT2D eigenvalue weighted by Crippen LogP contribution is 2.28. The molecule has 1 aliphatic heterocycles. The van der Waals surface area contributed by atoms with Crippen LogP contribution in [0.15, 0.2) is 53.4 Å². The lowest BCUT2D eigenvalue weighted by atomic mass is 10.1. The van der Waals surface area contributed by atoms with Gasteiger partial charge in [-0.25, -0.2) is 8.42 Å². The molecule has 1 atom stereocenters. The van der Waals surface area contributed by atoms with E-state index in [0.29, 0.717) is 12.1 Å². The largest absolute Gasteiger partial charge is 0.366 e. The van der Waals surface area contributed by atoms with E-state index >= 15 is 0 Å². The van der Waals surface area contributed by atoms with E-state index in [-0.39, 0.29) is 16.8 Å². The normalized spacial score (nSPS) is 14.9. The van der Waals surface area contributed by atoms with Crippen LogP contribution in [0.1, 0.15) is 22.8 Å². The van der Waals surface area contributed by atoms with E-state index in [0.717, 1.165) is 19.2 Å². The second kappa shape index (κ2) is 6.88. The molecule has 0 spiro atoms. The van der Waals surface area contributed by atoms with Gasteiger partial charge < -0.3 is 10.2 Å². The second-order valence-corrected chi connectivity index (χ2v) is 8.45. The zero-order valence-corrected chi connectivity index (χ0v) is 15.2. The molecule has 0 radical (unpaired) electrons. The minimum absolute atomic E-state index is 0.154. The SMILES string of the molecule is C[C@@H](CNC(=O)c1cccc(S(C)(=O)=O)c1)N1CCc2ccccc21. The minimum Gasteiger partial charge on any atom is -0.366 e. The van der Waals surface area contributed by atoms with E-state index in [1.807, 2.05) is 12.1 Å². The maximum absolute atomic E-state index is 12.4. The fourth-order valence-corrected chi connectivity index (χ4v) is 3.81. The average molecular weight is 358 g/mol. The Kier molecular flexibility index (Phi) is 4.81. The van der Waals surface area contributed by atoms with E-state index in [1.165, 1.54) is 23.4 Å². The summed E-state index contributed by atoms with van der Waals surface area (Å²) in [6.07, 6.45) is 2.15. The van der Waals surface area contributed by atoms with Gasteiger partial charge >= 0.3 is 0 Å². The molecule has 1 heterocycles. The van der Waals surface area contributed by atoms with Gasteiger partial charge in [-0.05, 0) is 43.2 Å². The molecular formula is C19H22N2O3S. The first-order chi connectivity index (χ1) is 11.9. The molecule has 0 saturated heterocycles. The van der Waals surface area contributed by atoms with E-state index in [4.69, 9.17) is 0 Å². The molecule has 1 N–H and O–H groups in total. The van der Waals surface area contributed by atoms with Crippen LogP contribution in [0.4, 0.5) is 5.69 Å². The van der Waals surface area contributed by atoms with Crippen LogP contribution in [0.5, 0.6) is 0 Å². The van der Waals surface area contributed by atoms with Crippen LogP contribution in [-0.4, -0.2) is 39.7 Å². The van der Waals surface area contributed by atoms with Crippen LogP contribution in [0.3, 0.4) is 0 Å². The lowest BCUT2D eigenvalue weighted by molar-refractivity contribution is 0.0951. The lowest BCUT2D eigenvalue weighted by Crippen LogP contribution is -2.41. The highest BCUT2D eigenvalue weighted by Gasteiger charge is 2.23. The first-order valence-electron chi connectivity index (χ1n) is 8.29. The summed E-state index contributed by atoms with van der Waals surface area (Å²) >= 11 is 0. The summed E-state index contributed by atoms with van der Waals surface area (Å²) in [4.78, 5) is 14.8. The number of benzene rings is 2. The first kappa shape index (κ1) is 17.5. The Labute approximate surface area is 148 Å². The van der Waals surface area contributed by atoms with Crippen molar-refractivity contribution in [3.05, 3.63) is 59.7 Å². The lowest BCUT2D eigenvalue weighted by Gasteiger charge is -2.27. The third-order valence-electron chi connectivity index (χ3n) is 4.54. The summed E-state index contributed by atoms with van der Waals surface area (Å²) in [5, 5.41) is 2.91. The smallest absolute Gasteiger partial charge is 0.251 e. The number of anilines is 1. The fraction of sp³-hybridized carbons (Fsp3) is 0.316. The van der Waals surface area contributed by atoms with Crippen molar-refractivity contribution in [2.45, 2.75) is 24.3 Å². The van der Waals surface area contributed by atoms with Crippen LogP contribution in [-0.2, 0) is 16.3 Å². The van der Waals surface area contributed by atoms with Crippen molar-refractivity contribution in [3.8, 4) is 0 Å². The van der Waals surface area contributed by atoms with Crippen LogP contribution >= 0.6 is 0 Å². The van der Waals surface area contributed by atoms with Gasteiger partial charge in [-0.2, -0.15) is 0 Å². The van der Waals surface area contributed by atoms with Gasteiger partial charge in [0.1, 0.15) is 0 Å². The molecule has 0 bridgehead atoms. The number of carbonyl (C=O) groups is 1. The maximum Gasteiger partial charge on any atom is 0.251 e. The summed E-state index contributed by atoms with van der Waals surface area (Å²) in [7, 11) is -3.32. The molecule has 5 nitrogen and oxygen atoms in total. The van der Waals surface area contributed by atoms with Gasteiger partial charge in [0.15, 0.2) is 9.84 Å². The molecule has 0 aliphatic carbocycles. The standard InChI is InChI=1S/C19H22N2O3S/c1-14(21-11-10-15-6-3-4-9-18(15)21)13-20-19(22)16-7-5-8-17(12-16)25(2,23)24/h3-9,12,14H,10-11,13H2,1-2H3,(H,20,22)/t14-/m0/s1. The van der Waals surface area contributed by atoms with E-state index in [1.54, 1.807) is 12.1 Å². The molecular weight excluding hydrogens is 336 g/mol. The quantitative estimate of drug-likeness (QED) is 0.890. The molecule has 0 saturated carbocycles. The molecule has 0 fully saturated rings. The molecule has 0 aromatic heterocycles. The number of hydrogen-bond acceptors (Lipinski definition) is 4. The number of rotatable bonds is 5. The Balaban J connectivity index is 1.65. The number of nitrogens with one attached hydrogen (secondary N) is 1. The van der Waals surface area contributed by atoms with Crippen LogP contribution in [0, 0.1) is 0 Å². The molecule has 3 rings (SSSR count). The number of nitrogens with zero attached hydrogens (tertiary/aromatic N) is 1. The van der Waals surface area contributed by atoms with Gasteiger partial charge in [0, 0.05) is 36.6 Å². The minimum atomic E-state index is -3.32. The highest BCUT2D eigenvalue weighted by molar-refractivity contribution is 7.90. The Morgan fingerprint density at radius 3 is 2.72 bits per heavy atom. The van der Waals surface area contributed by atoms with Crippen molar-refractivity contribution < 1.29 is 13.2 Å². The third-order valence-corrected chi connectivity index (χ3v) is 5.65. The Morgan fingerprint density at radius 2 is 1.96 bits per heavy atom. The summed E-state index contributed by atoms with van der Waals surface area (Å²) < 4.78 is 23.3. The Bertz CT molecular complexity index is 893. The monoisotopic (exact) mass is 358 g/mol. The zero-order chi connectivity index (χ0) is 18.0. The molecule has 0 unspecified atom stereocenters. The Morgan fingerprint density at radius 1 is 1.20 bits per heavy atom. The van der Waals surface area contributed by atoms with Gasteiger partial charge in [-0.3, -0.25) is 4.79 Å². The number of para-hydroxylation sites is 1. The molecule has 1 aliphatic rings. The van der Waals surface area contributed by atoms with Crippen LogP contribution in [0.2, 0.25) is 0 Å². The van der Waals surface area contributed by atoms with Gasteiger partial charge in [0.05, 0.1) is 4.90 Å². The molecule has 132 valence electrons. The van der Waals surface area contributed by atoms with Crippen molar-refractivity contribution in [1.82, 2.24) is 5.32 Å². The van der Waals surface area contributed by atoms with Crippen molar-refractivity contribution >= 4 is 21.4 Å². The predicted molar refractivity (Wildman–Crippen MR) is 98.8 cm³/mol. The molecule has 2 aromatic rings. The predicted octanol–water partition coefficient (Wildman–Crippen LogP) is 2.27. The van der Waals surface area contributed by atoms with Crippen LogP contribution in [0.25, 0.3) is 0 Å². The summed E-state index contributed by atoms with van der Waals surface area (Å²) in [6, 6.07) is 14.6. The summed E-state index contributed by atoms with van der Waals surface area (Å²) in [6.45, 7) is 3.52. The van der Waals surface area contributed by atoms with Crippen LogP contribution < -0.4 is 10.2 Å². The summed E-state index contributed by atoms with van der Waals surface area (Å²) in [5.74, 6) is -0.259. The molecule has 2 aromatic carbocycles.